The van der Waals surface area contributed by atoms with Gasteiger partial charge in [-0.25, -0.2) is 9.98 Å². The Hall–Kier alpha value is -1.22. The molecule has 5 nitrogen and oxygen atoms in total. The van der Waals surface area contributed by atoms with Crippen LogP contribution in [0.5, 0.6) is 0 Å². The van der Waals surface area contributed by atoms with Crippen LogP contribution in [0.3, 0.4) is 0 Å². The number of nitrogens with zero attached hydrogens (tertiary/aromatic N) is 3. The molecule has 0 fully saturated rings. The molecule has 24 heavy (non-hydrogen) atoms. The summed E-state index contributed by atoms with van der Waals surface area (Å²) in [7, 11) is 0. The van der Waals surface area contributed by atoms with Crippen molar-refractivity contribution in [3.05, 3.63) is 54.1 Å². The molecule has 1 aromatic carbocycles. The zero-order chi connectivity index (χ0) is 16.3. The van der Waals surface area contributed by atoms with Gasteiger partial charge in [0.1, 0.15) is 12.4 Å². The van der Waals surface area contributed by atoms with Gasteiger partial charge >= 0.3 is 0 Å². The number of hydrogen-bond acceptors (Lipinski definition) is 3. The Labute approximate surface area is 165 Å². The van der Waals surface area contributed by atoms with Crippen molar-refractivity contribution < 1.29 is 0 Å². The molecule has 1 heterocycles. The lowest BCUT2D eigenvalue weighted by Gasteiger charge is -2.11. The zero-order valence-electron chi connectivity index (χ0n) is 14.2. The summed E-state index contributed by atoms with van der Waals surface area (Å²) < 4.78 is 2.14. The third-order valence-electron chi connectivity index (χ3n) is 3.32. The molecular weight excluding hydrogens is 433 g/mol. The predicted molar refractivity (Wildman–Crippen MR) is 114 cm³/mol. The fraction of sp³-hybridized carbons (Fsp3) is 0.412. The van der Waals surface area contributed by atoms with Crippen molar-refractivity contribution in [2.24, 2.45) is 4.99 Å². The molecular formula is C17H26IN5S. The number of rotatable bonds is 8. The van der Waals surface area contributed by atoms with Crippen LogP contribution >= 0.6 is 35.7 Å². The molecule has 0 radical (unpaired) electrons. The highest BCUT2D eigenvalue weighted by atomic mass is 127. The summed E-state index contributed by atoms with van der Waals surface area (Å²) in [6, 6.07) is 10.4. The Kier molecular flexibility index (Phi) is 10.6. The maximum atomic E-state index is 4.63. The summed E-state index contributed by atoms with van der Waals surface area (Å²) >= 11 is 1.82. The van der Waals surface area contributed by atoms with Gasteiger partial charge in [0.2, 0.25) is 0 Å². The molecule has 0 saturated heterocycles. The highest BCUT2D eigenvalue weighted by molar-refractivity contribution is 14.0. The van der Waals surface area contributed by atoms with Gasteiger partial charge in [0.15, 0.2) is 5.96 Å². The summed E-state index contributed by atoms with van der Waals surface area (Å²) in [6.07, 6.45) is 5.94. The Morgan fingerprint density at radius 1 is 1.25 bits per heavy atom. The van der Waals surface area contributed by atoms with Gasteiger partial charge in [0.25, 0.3) is 0 Å². The maximum absolute atomic E-state index is 4.63. The SMILES string of the molecule is CCNC(=NCc1nccn1Cc1ccccc1)NCCSC.I. The van der Waals surface area contributed by atoms with E-state index in [-0.39, 0.29) is 24.0 Å². The number of nitrogens with one attached hydrogen (secondary N) is 2. The topological polar surface area (TPSA) is 54.2 Å². The number of halogens is 1. The van der Waals surface area contributed by atoms with Crippen LogP contribution in [0.4, 0.5) is 0 Å². The second kappa shape index (κ2) is 12.2. The number of thioether (sulfide) groups is 1. The first-order valence-electron chi connectivity index (χ1n) is 7.88. The summed E-state index contributed by atoms with van der Waals surface area (Å²) in [5, 5.41) is 6.60. The van der Waals surface area contributed by atoms with Crippen LogP contribution in [0.2, 0.25) is 0 Å². The molecule has 0 saturated carbocycles. The third-order valence-corrected chi connectivity index (χ3v) is 3.93. The minimum atomic E-state index is 0. The van der Waals surface area contributed by atoms with Gasteiger partial charge in [0.05, 0.1) is 0 Å². The minimum absolute atomic E-state index is 0. The number of hydrogen-bond donors (Lipinski definition) is 2. The predicted octanol–water partition coefficient (Wildman–Crippen LogP) is 2.97. The first-order valence-corrected chi connectivity index (χ1v) is 9.28. The van der Waals surface area contributed by atoms with Gasteiger partial charge in [0, 0.05) is 37.8 Å². The van der Waals surface area contributed by atoms with Gasteiger partial charge in [-0.05, 0) is 18.7 Å². The lowest BCUT2D eigenvalue weighted by molar-refractivity contribution is 0.718. The summed E-state index contributed by atoms with van der Waals surface area (Å²) in [6.45, 7) is 5.22. The normalized spacial score (nSPS) is 11.0. The summed E-state index contributed by atoms with van der Waals surface area (Å²) in [4.78, 5) is 9.07. The van der Waals surface area contributed by atoms with Crippen LogP contribution in [0, 0.1) is 0 Å². The van der Waals surface area contributed by atoms with E-state index in [0.717, 1.165) is 37.2 Å². The summed E-state index contributed by atoms with van der Waals surface area (Å²) in [5.41, 5.74) is 1.26. The van der Waals surface area contributed by atoms with Crippen LogP contribution in [0.1, 0.15) is 18.3 Å². The van der Waals surface area contributed by atoms with Crippen molar-refractivity contribution in [1.82, 2.24) is 20.2 Å². The average molecular weight is 459 g/mol. The number of aromatic nitrogens is 2. The highest BCUT2D eigenvalue weighted by Gasteiger charge is 2.04. The zero-order valence-corrected chi connectivity index (χ0v) is 17.4. The van der Waals surface area contributed by atoms with E-state index in [4.69, 9.17) is 0 Å². The Morgan fingerprint density at radius 3 is 2.75 bits per heavy atom. The molecule has 0 aliphatic heterocycles. The standard InChI is InChI=1S/C17H25N5S.HI/c1-3-18-17(20-10-12-23-2)21-13-16-19-9-11-22(16)14-15-7-5-4-6-8-15;/h4-9,11H,3,10,12-14H2,1-2H3,(H2,18,20,21);1H. The van der Waals surface area contributed by atoms with Gasteiger partial charge in [-0.1, -0.05) is 30.3 Å². The number of imidazole rings is 1. The molecule has 2 N–H and O–H groups in total. The lowest BCUT2D eigenvalue weighted by atomic mass is 10.2. The van der Waals surface area contributed by atoms with Crippen molar-refractivity contribution in [1.29, 1.82) is 0 Å². The van der Waals surface area contributed by atoms with Crippen LogP contribution in [0.25, 0.3) is 0 Å². The van der Waals surface area contributed by atoms with E-state index in [9.17, 15) is 0 Å². The molecule has 0 spiro atoms. The fourth-order valence-corrected chi connectivity index (χ4v) is 2.48. The molecule has 0 amide bonds. The molecule has 0 aliphatic carbocycles. The molecule has 0 unspecified atom stereocenters. The van der Waals surface area contributed by atoms with Crippen molar-refractivity contribution in [2.45, 2.75) is 20.0 Å². The first kappa shape index (κ1) is 20.8. The van der Waals surface area contributed by atoms with Crippen LogP contribution < -0.4 is 10.6 Å². The fourth-order valence-electron chi connectivity index (χ4n) is 2.18. The number of guanidine groups is 1. The van der Waals surface area contributed by atoms with Gasteiger partial charge in [-0.15, -0.1) is 24.0 Å². The van der Waals surface area contributed by atoms with Crippen molar-refractivity contribution in [3.63, 3.8) is 0 Å². The van der Waals surface area contributed by atoms with E-state index in [1.54, 1.807) is 0 Å². The second-order valence-electron chi connectivity index (χ2n) is 5.07. The van der Waals surface area contributed by atoms with Crippen LogP contribution in [-0.4, -0.2) is 40.6 Å². The summed E-state index contributed by atoms with van der Waals surface area (Å²) in [5.74, 6) is 2.87. The molecule has 1 aromatic heterocycles. The number of aliphatic imine (C=N–C) groups is 1. The van der Waals surface area contributed by atoms with Crippen molar-refractivity contribution in [2.75, 3.05) is 25.1 Å². The van der Waals surface area contributed by atoms with Crippen molar-refractivity contribution in [3.8, 4) is 0 Å². The van der Waals surface area contributed by atoms with E-state index >= 15 is 0 Å². The molecule has 0 atom stereocenters. The van der Waals surface area contributed by atoms with Gasteiger partial charge < -0.3 is 15.2 Å². The van der Waals surface area contributed by atoms with E-state index in [1.165, 1.54) is 5.56 Å². The van der Waals surface area contributed by atoms with Crippen LogP contribution in [0.15, 0.2) is 47.7 Å². The Morgan fingerprint density at radius 2 is 2.04 bits per heavy atom. The Bertz CT molecular complexity index is 600. The number of benzene rings is 1. The largest absolute Gasteiger partial charge is 0.357 e. The second-order valence-corrected chi connectivity index (χ2v) is 6.06. The van der Waals surface area contributed by atoms with E-state index in [2.05, 4.69) is 62.6 Å². The molecule has 2 aromatic rings. The quantitative estimate of drug-likeness (QED) is 0.276. The van der Waals surface area contributed by atoms with E-state index < -0.39 is 0 Å². The van der Waals surface area contributed by atoms with Gasteiger partial charge in [-0.3, -0.25) is 0 Å². The third kappa shape index (κ3) is 7.12. The first-order chi connectivity index (χ1) is 11.3. The van der Waals surface area contributed by atoms with E-state index in [0.29, 0.717) is 6.54 Å². The molecule has 0 aliphatic rings. The monoisotopic (exact) mass is 459 g/mol. The van der Waals surface area contributed by atoms with Gasteiger partial charge in [-0.2, -0.15) is 11.8 Å². The average Bonchev–Trinajstić information content (AvgIpc) is 3.01. The van der Waals surface area contributed by atoms with Crippen LogP contribution in [-0.2, 0) is 13.1 Å². The smallest absolute Gasteiger partial charge is 0.191 e. The van der Waals surface area contributed by atoms with Crippen molar-refractivity contribution >= 4 is 41.7 Å². The molecule has 7 heteroatoms. The van der Waals surface area contributed by atoms with E-state index in [1.807, 2.05) is 30.2 Å². The molecule has 2 rings (SSSR count). The lowest BCUT2D eigenvalue weighted by Crippen LogP contribution is -2.38. The Balaban J connectivity index is 0.00000288. The molecule has 0 bridgehead atoms. The minimum Gasteiger partial charge on any atom is -0.357 e. The molecule has 132 valence electrons. The maximum Gasteiger partial charge on any atom is 0.191 e. The highest BCUT2D eigenvalue weighted by Crippen LogP contribution is 2.06.